The summed E-state index contributed by atoms with van der Waals surface area (Å²) in [5, 5.41) is 19.5. The number of nitrogens with zero attached hydrogens (tertiary/aromatic N) is 3. The molecule has 1 aliphatic heterocycles. The van der Waals surface area contributed by atoms with Crippen molar-refractivity contribution in [2.75, 3.05) is 11.9 Å². The van der Waals surface area contributed by atoms with Crippen molar-refractivity contribution in [3.8, 4) is 0 Å². The van der Waals surface area contributed by atoms with Crippen LogP contribution in [0.25, 0.3) is 0 Å². The number of anilines is 2. The number of carboxylic acid groups (broad SMARTS) is 1. The maximum atomic E-state index is 15.0. The number of pyridine rings is 1. The SMILES string of the molecule is Cc1cc(Nc2nc(C[C@@]3(C(=O)O)CCN(Cc4cccc(Cl)c4F)[C@H](C)C3)cc(C(C)(F)F)c2F)n[nH]1. The molecule has 0 bridgehead atoms. The lowest BCUT2D eigenvalue weighted by Crippen LogP contribution is -2.49. The van der Waals surface area contributed by atoms with Gasteiger partial charge in [0.05, 0.1) is 16.0 Å². The molecule has 7 nitrogen and oxygen atoms in total. The van der Waals surface area contributed by atoms with Gasteiger partial charge in [0.2, 0.25) is 0 Å². The van der Waals surface area contributed by atoms with E-state index >= 15 is 4.39 Å². The molecule has 2 aromatic heterocycles. The fourth-order valence-electron chi connectivity index (χ4n) is 4.95. The van der Waals surface area contributed by atoms with E-state index in [-0.39, 0.29) is 48.4 Å². The molecule has 1 fully saturated rings. The number of aromatic nitrogens is 3. The zero-order chi connectivity index (χ0) is 27.8. The Morgan fingerprint density at radius 3 is 2.66 bits per heavy atom. The predicted octanol–water partition coefficient (Wildman–Crippen LogP) is 6.20. The smallest absolute Gasteiger partial charge is 0.310 e. The van der Waals surface area contributed by atoms with Crippen LogP contribution in [0.2, 0.25) is 5.02 Å². The standard InChI is InChI=1S/C26H28ClF4N5O2/c1-14-9-20(35-34-14)33-23-22(29)18(25(3,30)31)10-17(32-23)12-26(24(37)38)7-8-36(15(2)11-26)13-16-5-4-6-19(27)21(16)28/h4-6,9-10,15H,7-8,11-13H2,1-3H3,(H,37,38)(H2,32,33,34,35)/t15-,26-/m1/s1. The summed E-state index contributed by atoms with van der Waals surface area (Å²) >= 11 is 5.90. The minimum absolute atomic E-state index is 0.00683. The maximum Gasteiger partial charge on any atom is 0.310 e. The molecule has 0 saturated carbocycles. The van der Waals surface area contributed by atoms with Crippen molar-refractivity contribution < 1.29 is 27.5 Å². The topological polar surface area (TPSA) is 94.1 Å². The highest BCUT2D eigenvalue weighted by Crippen LogP contribution is 2.41. The van der Waals surface area contributed by atoms with Crippen molar-refractivity contribution in [1.29, 1.82) is 0 Å². The number of rotatable bonds is 8. The fourth-order valence-corrected chi connectivity index (χ4v) is 5.15. The molecule has 4 rings (SSSR count). The lowest BCUT2D eigenvalue weighted by Gasteiger charge is -2.43. The van der Waals surface area contributed by atoms with E-state index in [0.717, 1.165) is 6.07 Å². The minimum atomic E-state index is -3.53. The number of likely N-dealkylation sites (tertiary alicyclic amines) is 1. The zero-order valence-electron chi connectivity index (χ0n) is 21.1. The maximum absolute atomic E-state index is 15.0. The minimum Gasteiger partial charge on any atom is -0.481 e. The van der Waals surface area contributed by atoms with E-state index < -0.39 is 40.3 Å². The first kappa shape index (κ1) is 27.8. The summed E-state index contributed by atoms with van der Waals surface area (Å²) in [4.78, 5) is 18.7. The van der Waals surface area contributed by atoms with Gasteiger partial charge in [-0.3, -0.25) is 14.8 Å². The number of piperidine rings is 1. The van der Waals surface area contributed by atoms with Crippen molar-refractivity contribution in [2.24, 2.45) is 5.41 Å². The van der Waals surface area contributed by atoms with E-state index in [1.54, 1.807) is 25.1 Å². The lowest BCUT2D eigenvalue weighted by molar-refractivity contribution is -0.153. The molecule has 3 N–H and O–H groups in total. The predicted molar refractivity (Wildman–Crippen MR) is 135 cm³/mol. The Labute approximate surface area is 222 Å². The second-order valence-electron chi connectivity index (χ2n) is 10.0. The Kier molecular flexibility index (Phi) is 7.72. The highest BCUT2D eigenvalue weighted by Gasteiger charge is 2.45. The Morgan fingerprint density at radius 1 is 1.32 bits per heavy atom. The second-order valence-corrected chi connectivity index (χ2v) is 10.4. The number of hydrogen-bond acceptors (Lipinski definition) is 5. The van der Waals surface area contributed by atoms with E-state index in [1.807, 2.05) is 11.8 Å². The van der Waals surface area contributed by atoms with Gasteiger partial charge >= 0.3 is 5.97 Å². The second kappa shape index (κ2) is 10.5. The largest absolute Gasteiger partial charge is 0.481 e. The third-order valence-corrected chi connectivity index (χ3v) is 7.29. The van der Waals surface area contributed by atoms with Crippen LogP contribution in [0.15, 0.2) is 30.3 Å². The van der Waals surface area contributed by atoms with Gasteiger partial charge in [-0.1, -0.05) is 23.7 Å². The van der Waals surface area contributed by atoms with Gasteiger partial charge in [-0.15, -0.1) is 0 Å². The molecule has 0 spiro atoms. The van der Waals surface area contributed by atoms with Crippen LogP contribution in [0.1, 0.15) is 49.2 Å². The van der Waals surface area contributed by atoms with E-state index in [0.29, 0.717) is 24.7 Å². The van der Waals surface area contributed by atoms with Crippen LogP contribution in [0.4, 0.5) is 29.2 Å². The number of aliphatic carboxylic acids is 1. The van der Waals surface area contributed by atoms with Crippen LogP contribution in [-0.2, 0) is 23.7 Å². The Morgan fingerprint density at radius 2 is 2.05 bits per heavy atom. The van der Waals surface area contributed by atoms with Crippen molar-refractivity contribution in [3.63, 3.8) is 0 Å². The van der Waals surface area contributed by atoms with Gasteiger partial charge in [-0.05, 0) is 45.4 Å². The number of hydrogen-bond donors (Lipinski definition) is 3. The fraction of sp³-hybridized carbons (Fsp3) is 0.423. The molecule has 1 aromatic carbocycles. The van der Waals surface area contributed by atoms with Gasteiger partial charge in [0.15, 0.2) is 17.5 Å². The number of alkyl halides is 2. The van der Waals surface area contributed by atoms with Crippen molar-refractivity contribution >= 4 is 29.2 Å². The molecule has 0 amide bonds. The molecule has 204 valence electrons. The number of H-pyrrole nitrogens is 1. The summed E-state index contributed by atoms with van der Waals surface area (Å²) in [6.45, 7) is 4.67. The number of aryl methyl sites for hydroxylation is 1. The average Bonchev–Trinajstić information content (AvgIpc) is 3.24. The van der Waals surface area contributed by atoms with E-state index in [1.165, 1.54) is 6.07 Å². The molecule has 1 aliphatic rings. The summed E-state index contributed by atoms with van der Waals surface area (Å²) in [5.74, 6) is -6.68. The van der Waals surface area contributed by atoms with E-state index in [9.17, 15) is 23.1 Å². The summed E-state index contributed by atoms with van der Waals surface area (Å²) in [7, 11) is 0. The molecule has 3 heterocycles. The molecule has 0 unspecified atom stereocenters. The van der Waals surface area contributed by atoms with Crippen LogP contribution in [0.5, 0.6) is 0 Å². The van der Waals surface area contributed by atoms with Crippen LogP contribution in [-0.4, -0.2) is 43.7 Å². The third-order valence-electron chi connectivity index (χ3n) is 7.00. The molecule has 0 radical (unpaired) electrons. The molecule has 12 heteroatoms. The number of benzene rings is 1. The van der Waals surface area contributed by atoms with Crippen LogP contribution < -0.4 is 5.32 Å². The lowest BCUT2D eigenvalue weighted by atomic mass is 9.72. The zero-order valence-corrected chi connectivity index (χ0v) is 21.8. The first-order valence-electron chi connectivity index (χ1n) is 12.1. The Bertz CT molecular complexity index is 1350. The van der Waals surface area contributed by atoms with Gasteiger partial charge in [0.1, 0.15) is 5.82 Å². The van der Waals surface area contributed by atoms with E-state index in [2.05, 4.69) is 20.5 Å². The van der Waals surface area contributed by atoms with Gasteiger partial charge in [0, 0.05) is 48.9 Å². The van der Waals surface area contributed by atoms with Gasteiger partial charge < -0.3 is 10.4 Å². The molecular weight excluding hydrogens is 526 g/mol. The molecule has 3 aromatic rings. The third kappa shape index (κ3) is 5.78. The highest BCUT2D eigenvalue weighted by atomic mass is 35.5. The van der Waals surface area contributed by atoms with Crippen LogP contribution >= 0.6 is 11.6 Å². The van der Waals surface area contributed by atoms with Crippen LogP contribution in [0.3, 0.4) is 0 Å². The van der Waals surface area contributed by atoms with Crippen molar-refractivity contribution in [1.82, 2.24) is 20.1 Å². The summed E-state index contributed by atoms with van der Waals surface area (Å²) < 4.78 is 58.2. The molecule has 38 heavy (non-hydrogen) atoms. The van der Waals surface area contributed by atoms with Gasteiger partial charge in [0.25, 0.3) is 5.92 Å². The first-order chi connectivity index (χ1) is 17.8. The Hall–Kier alpha value is -3.18. The van der Waals surface area contributed by atoms with E-state index in [4.69, 9.17) is 11.6 Å². The number of carboxylic acids is 1. The molecule has 1 saturated heterocycles. The number of carbonyl (C=O) groups is 1. The molecular formula is C26H28ClF4N5O2. The summed E-state index contributed by atoms with van der Waals surface area (Å²) in [5.41, 5.74) is -1.16. The first-order valence-corrected chi connectivity index (χ1v) is 12.4. The highest BCUT2D eigenvalue weighted by molar-refractivity contribution is 6.30. The number of nitrogens with one attached hydrogen (secondary N) is 2. The number of aromatic amines is 1. The monoisotopic (exact) mass is 553 g/mol. The Balaban J connectivity index is 1.62. The quantitative estimate of drug-likeness (QED) is 0.288. The van der Waals surface area contributed by atoms with Gasteiger partial charge in [-0.25, -0.2) is 22.5 Å². The summed E-state index contributed by atoms with van der Waals surface area (Å²) in [6.07, 6.45) is 0.125. The summed E-state index contributed by atoms with van der Waals surface area (Å²) in [6, 6.07) is 6.92. The van der Waals surface area contributed by atoms with Crippen molar-refractivity contribution in [3.05, 3.63) is 69.5 Å². The van der Waals surface area contributed by atoms with Crippen LogP contribution in [0, 0.1) is 24.0 Å². The molecule has 2 atom stereocenters. The van der Waals surface area contributed by atoms with Gasteiger partial charge in [-0.2, -0.15) is 5.10 Å². The number of halogens is 5. The average molecular weight is 554 g/mol. The normalized spacial score (nSPS) is 20.5. The van der Waals surface area contributed by atoms with Crippen molar-refractivity contribution in [2.45, 2.75) is 58.5 Å². The molecule has 0 aliphatic carbocycles.